The smallest absolute Gasteiger partial charge is 0.284 e. The van der Waals surface area contributed by atoms with Gasteiger partial charge in [0.1, 0.15) is 12.0 Å². The number of nitrogens with zero attached hydrogens (tertiary/aromatic N) is 2. The monoisotopic (exact) mass is 296 g/mol. The average molecular weight is 297 g/mol. The number of carbonyl (C=O) groups excluding carboxylic acids is 1. The standard InChI is InChI=1S/C9H7BrN4O.C2H6/c10-5-1-2-7-6(3-5)8(9(15)14-11)13-4-12-7;1-2/h1-4H,11H2,(H,14,15);1-2H3. The number of nitrogens with one attached hydrogen (secondary N) is 1. The van der Waals surface area contributed by atoms with E-state index >= 15 is 0 Å². The fraction of sp³-hybridized carbons (Fsp3) is 0.182. The van der Waals surface area contributed by atoms with Crippen LogP contribution in [-0.2, 0) is 0 Å². The van der Waals surface area contributed by atoms with Crippen LogP contribution in [0.15, 0.2) is 29.0 Å². The number of nitrogens with two attached hydrogens (primary N) is 1. The zero-order chi connectivity index (χ0) is 12.8. The van der Waals surface area contributed by atoms with Gasteiger partial charge < -0.3 is 0 Å². The van der Waals surface area contributed by atoms with Crippen LogP contribution in [0.3, 0.4) is 0 Å². The molecule has 2 aromatic rings. The number of nitrogen functional groups attached to an aromatic ring is 1. The van der Waals surface area contributed by atoms with E-state index in [1.807, 2.05) is 25.3 Å². The number of amides is 1. The van der Waals surface area contributed by atoms with Crippen LogP contribution in [0.5, 0.6) is 0 Å². The molecule has 1 heterocycles. The van der Waals surface area contributed by atoms with E-state index in [0.717, 1.165) is 4.47 Å². The van der Waals surface area contributed by atoms with E-state index in [4.69, 9.17) is 5.84 Å². The Morgan fingerprint density at radius 1 is 1.35 bits per heavy atom. The lowest BCUT2D eigenvalue weighted by molar-refractivity contribution is 0.0950. The summed E-state index contributed by atoms with van der Waals surface area (Å²) in [6, 6.07) is 5.42. The molecule has 1 aromatic carbocycles. The summed E-state index contributed by atoms with van der Waals surface area (Å²) < 4.78 is 0.857. The highest BCUT2D eigenvalue weighted by molar-refractivity contribution is 9.10. The van der Waals surface area contributed by atoms with Gasteiger partial charge in [0.25, 0.3) is 5.91 Å². The molecule has 3 N–H and O–H groups in total. The summed E-state index contributed by atoms with van der Waals surface area (Å²) in [6.45, 7) is 4.00. The molecule has 6 heteroatoms. The van der Waals surface area contributed by atoms with Crippen molar-refractivity contribution in [3.05, 3.63) is 34.7 Å². The van der Waals surface area contributed by atoms with Crippen molar-refractivity contribution < 1.29 is 4.79 Å². The van der Waals surface area contributed by atoms with Crippen LogP contribution in [0.1, 0.15) is 24.3 Å². The first-order valence-corrected chi connectivity index (χ1v) is 5.93. The first-order chi connectivity index (χ1) is 8.22. The molecule has 0 fully saturated rings. The van der Waals surface area contributed by atoms with E-state index in [9.17, 15) is 4.79 Å². The average Bonchev–Trinajstić information content (AvgIpc) is 2.39. The molecule has 0 aliphatic heterocycles. The zero-order valence-corrected chi connectivity index (χ0v) is 11.2. The minimum Gasteiger partial charge on any atom is -0.289 e. The molecule has 0 aliphatic carbocycles. The second-order valence-corrected chi connectivity index (χ2v) is 3.77. The number of rotatable bonds is 1. The van der Waals surface area contributed by atoms with Gasteiger partial charge in [-0.25, -0.2) is 15.8 Å². The lowest BCUT2D eigenvalue weighted by Crippen LogP contribution is -2.30. The number of hydrogen-bond donors (Lipinski definition) is 2. The SMILES string of the molecule is CC.NNC(=O)c1ncnc2ccc(Br)cc12. The van der Waals surface area contributed by atoms with E-state index in [-0.39, 0.29) is 5.69 Å². The van der Waals surface area contributed by atoms with Gasteiger partial charge in [-0.3, -0.25) is 10.2 Å². The quantitative estimate of drug-likeness (QED) is 0.479. The Balaban J connectivity index is 0.000000686. The topological polar surface area (TPSA) is 80.9 Å². The molecule has 0 radical (unpaired) electrons. The minimum absolute atomic E-state index is 0.267. The van der Waals surface area contributed by atoms with Crippen molar-refractivity contribution in [1.29, 1.82) is 0 Å². The largest absolute Gasteiger partial charge is 0.289 e. The molecule has 1 amide bonds. The summed E-state index contributed by atoms with van der Waals surface area (Å²) in [5.74, 6) is 4.63. The third-order valence-corrected chi connectivity index (χ3v) is 2.44. The number of hydrazine groups is 1. The lowest BCUT2D eigenvalue weighted by atomic mass is 10.2. The number of carbonyl (C=O) groups is 1. The molecule has 1 aromatic heterocycles. The predicted octanol–water partition coefficient (Wildman–Crippen LogP) is 2.02. The highest BCUT2D eigenvalue weighted by atomic mass is 79.9. The zero-order valence-electron chi connectivity index (χ0n) is 9.57. The van der Waals surface area contributed by atoms with Crippen LogP contribution in [0, 0.1) is 0 Å². The molecule has 90 valence electrons. The number of fused-ring (bicyclic) bond motifs is 1. The Hall–Kier alpha value is -1.53. The molecule has 0 atom stereocenters. The van der Waals surface area contributed by atoms with Gasteiger partial charge in [-0.15, -0.1) is 0 Å². The van der Waals surface area contributed by atoms with Crippen LogP contribution in [0.25, 0.3) is 10.9 Å². The molecule has 2 rings (SSSR count). The summed E-state index contributed by atoms with van der Waals surface area (Å²) in [4.78, 5) is 19.3. The molecule has 0 spiro atoms. The van der Waals surface area contributed by atoms with Crippen LogP contribution in [0.4, 0.5) is 0 Å². The summed E-state index contributed by atoms with van der Waals surface area (Å²) in [7, 11) is 0. The normalized spacial score (nSPS) is 9.41. The first kappa shape index (κ1) is 13.5. The summed E-state index contributed by atoms with van der Waals surface area (Å²) >= 11 is 3.32. The van der Waals surface area contributed by atoms with Crippen molar-refractivity contribution >= 4 is 32.7 Å². The highest BCUT2D eigenvalue weighted by Gasteiger charge is 2.10. The number of benzene rings is 1. The Bertz CT molecular complexity index is 530. The maximum atomic E-state index is 11.4. The van der Waals surface area contributed by atoms with Crippen molar-refractivity contribution in [3.8, 4) is 0 Å². The van der Waals surface area contributed by atoms with Crippen LogP contribution >= 0.6 is 15.9 Å². The molecule has 0 saturated heterocycles. The Labute approximate surface area is 108 Å². The fourth-order valence-electron chi connectivity index (χ4n) is 1.28. The molecular formula is C11H13BrN4O. The lowest BCUT2D eigenvalue weighted by Gasteiger charge is -2.03. The maximum Gasteiger partial charge on any atom is 0.284 e. The van der Waals surface area contributed by atoms with Crippen molar-refractivity contribution in [1.82, 2.24) is 15.4 Å². The first-order valence-electron chi connectivity index (χ1n) is 5.13. The number of aromatic nitrogens is 2. The van der Waals surface area contributed by atoms with E-state index < -0.39 is 5.91 Å². The van der Waals surface area contributed by atoms with Crippen LogP contribution < -0.4 is 11.3 Å². The summed E-state index contributed by atoms with van der Waals surface area (Å²) in [5.41, 5.74) is 3.02. The third kappa shape index (κ3) is 2.98. The molecule has 0 saturated carbocycles. The van der Waals surface area contributed by atoms with Gasteiger partial charge >= 0.3 is 0 Å². The van der Waals surface area contributed by atoms with Crippen molar-refractivity contribution in [2.24, 2.45) is 5.84 Å². The van der Waals surface area contributed by atoms with Gasteiger partial charge in [0, 0.05) is 9.86 Å². The number of halogens is 1. The maximum absolute atomic E-state index is 11.4. The van der Waals surface area contributed by atoms with Crippen molar-refractivity contribution in [2.45, 2.75) is 13.8 Å². The molecule has 5 nitrogen and oxygen atoms in total. The van der Waals surface area contributed by atoms with Crippen LogP contribution in [0.2, 0.25) is 0 Å². The van der Waals surface area contributed by atoms with E-state index in [1.54, 1.807) is 12.1 Å². The summed E-state index contributed by atoms with van der Waals surface area (Å²) in [5, 5.41) is 0.662. The second kappa shape index (κ2) is 6.27. The second-order valence-electron chi connectivity index (χ2n) is 2.86. The molecule has 17 heavy (non-hydrogen) atoms. The van der Waals surface area contributed by atoms with E-state index in [1.165, 1.54) is 6.33 Å². The van der Waals surface area contributed by atoms with E-state index in [2.05, 4.69) is 25.9 Å². The van der Waals surface area contributed by atoms with Gasteiger partial charge in [0.15, 0.2) is 0 Å². The van der Waals surface area contributed by atoms with Crippen LogP contribution in [-0.4, -0.2) is 15.9 Å². The van der Waals surface area contributed by atoms with Gasteiger partial charge in [-0.1, -0.05) is 29.8 Å². The fourth-order valence-corrected chi connectivity index (χ4v) is 1.64. The molecule has 0 bridgehead atoms. The van der Waals surface area contributed by atoms with Gasteiger partial charge in [-0.05, 0) is 18.2 Å². The molecule has 0 aliphatic rings. The highest BCUT2D eigenvalue weighted by Crippen LogP contribution is 2.19. The Morgan fingerprint density at radius 2 is 2.06 bits per heavy atom. The molecular weight excluding hydrogens is 284 g/mol. The van der Waals surface area contributed by atoms with Crippen molar-refractivity contribution in [3.63, 3.8) is 0 Å². The minimum atomic E-state index is -0.430. The van der Waals surface area contributed by atoms with Gasteiger partial charge in [0.2, 0.25) is 0 Å². The van der Waals surface area contributed by atoms with Gasteiger partial charge in [-0.2, -0.15) is 0 Å². The number of hydrogen-bond acceptors (Lipinski definition) is 4. The van der Waals surface area contributed by atoms with Gasteiger partial charge in [0.05, 0.1) is 5.52 Å². The van der Waals surface area contributed by atoms with E-state index in [0.29, 0.717) is 10.9 Å². The predicted molar refractivity (Wildman–Crippen MR) is 70.2 cm³/mol. The summed E-state index contributed by atoms with van der Waals surface area (Å²) in [6.07, 6.45) is 1.33. The van der Waals surface area contributed by atoms with Crippen molar-refractivity contribution in [2.75, 3.05) is 0 Å². The third-order valence-electron chi connectivity index (χ3n) is 1.94. The Morgan fingerprint density at radius 3 is 2.71 bits per heavy atom. The Kier molecular flexibility index (Phi) is 4.99. The molecule has 0 unspecified atom stereocenters.